The maximum absolute atomic E-state index is 12.6. The number of hydrogen-bond donors (Lipinski definition) is 1. The first-order chi connectivity index (χ1) is 14.6. The zero-order valence-corrected chi connectivity index (χ0v) is 16.6. The Hall–Kier alpha value is -3.34. The molecule has 0 bridgehead atoms. The minimum atomic E-state index is -4.93. The number of carbonyl (C=O) groups excluding carboxylic acids is 2. The van der Waals surface area contributed by atoms with E-state index in [-0.39, 0.29) is 37.4 Å². The molecule has 164 valence electrons. The molecule has 1 aliphatic heterocycles. The van der Waals surface area contributed by atoms with E-state index >= 15 is 0 Å². The molecule has 1 fully saturated rings. The zero-order chi connectivity index (χ0) is 22.8. The van der Waals surface area contributed by atoms with E-state index in [1.54, 1.807) is 17.0 Å². The van der Waals surface area contributed by atoms with Gasteiger partial charge in [-0.25, -0.2) is 0 Å². The number of rotatable bonds is 4. The molecular weight excluding hydrogens is 441 g/mol. The number of nitro benzene ring substituents is 1. The number of nitro groups is 1. The van der Waals surface area contributed by atoms with Crippen molar-refractivity contribution in [2.24, 2.45) is 0 Å². The number of carbonyl (C=O) groups is 2. The molecule has 0 spiro atoms. The van der Waals surface area contributed by atoms with Gasteiger partial charge in [-0.3, -0.25) is 19.7 Å². The number of hydrogen-bond acceptors (Lipinski definition) is 5. The molecule has 3 rings (SSSR count). The molecule has 8 nitrogen and oxygen atoms in total. The van der Waals surface area contributed by atoms with E-state index in [1.165, 1.54) is 24.3 Å². The fourth-order valence-corrected chi connectivity index (χ4v) is 3.34. The van der Waals surface area contributed by atoms with E-state index < -0.39 is 22.9 Å². The summed E-state index contributed by atoms with van der Waals surface area (Å²) >= 11 is 6.03. The van der Waals surface area contributed by atoms with Crippen LogP contribution in [0.25, 0.3) is 0 Å². The predicted molar refractivity (Wildman–Crippen MR) is 107 cm³/mol. The van der Waals surface area contributed by atoms with Gasteiger partial charge in [-0.1, -0.05) is 17.7 Å². The van der Waals surface area contributed by atoms with E-state index in [9.17, 15) is 32.9 Å². The summed E-state index contributed by atoms with van der Waals surface area (Å²) in [6, 6.07) is 9.81. The number of benzene rings is 2. The molecule has 2 amide bonds. The Balaban J connectivity index is 1.77. The first-order valence-electron chi connectivity index (χ1n) is 9.02. The molecule has 0 aliphatic carbocycles. The second-order valence-corrected chi connectivity index (χ2v) is 7.14. The van der Waals surface area contributed by atoms with Crippen LogP contribution in [0.3, 0.4) is 0 Å². The molecule has 2 aromatic rings. The molecule has 31 heavy (non-hydrogen) atoms. The van der Waals surface area contributed by atoms with Crippen LogP contribution >= 0.6 is 11.6 Å². The number of piperazine rings is 1. The molecule has 1 N–H and O–H groups in total. The van der Waals surface area contributed by atoms with Crippen LogP contribution in [0.5, 0.6) is 0 Å². The number of halogens is 4. The van der Waals surface area contributed by atoms with Crippen molar-refractivity contribution >= 4 is 40.5 Å². The van der Waals surface area contributed by atoms with Crippen molar-refractivity contribution < 1.29 is 27.7 Å². The number of nitrogens with zero attached hydrogens (tertiary/aromatic N) is 3. The standard InChI is InChI=1S/C19H16ClF3N4O4/c20-13-4-5-16(25-6-8-26(9-7-25)18(29)19(21,22)23)15(11-13)24-17(28)12-2-1-3-14(10-12)27(30)31/h1-5,10-11H,6-9H2,(H,24,28). The van der Waals surface area contributed by atoms with Gasteiger partial charge in [-0.15, -0.1) is 0 Å². The number of non-ortho nitro benzene ring substituents is 1. The Morgan fingerprint density at radius 2 is 1.74 bits per heavy atom. The van der Waals surface area contributed by atoms with Crippen LogP contribution in [0.4, 0.5) is 30.2 Å². The van der Waals surface area contributed by atoms with Gasteiger partial charge in [0.25, 0.3) is 11.6 Å². The van der Waals surface area contributed by atoms with Crippen molar-refractivity contribution in [3.05, 3.63) is 63.2 Å². The smallest absolute Gasteiger partial charge is 0.366 e. The van der Waals surface area contributed by atoms with Gasteiger partial charge in [-0.05, 0) is 24.3 Å². The topological polar surface area (TPSA) is 95.8 Å². The summed E-state index contributed by atoms with van der Waals surface area (Å²) in [5, 5.41) is 13.9. The van der Waals surface area contributed by atoms with E-state index in [4.69, 9.17) is 11.6 Å². The van der Waals surface area contributed by atoms with Crippen molar-refractivity contribution in [3.8, 4) is 0 Å². The Kier molecular flexibility index (Phi) is 6.34. The third kappa shape index (κ3) is 5.23. The van der Waals surface area contributed by atoms with Crippen molar-refractivity contribution in [1.29, 1.82) is 0 Å². The van der Waals surface area contributed by atoms with Crippen LogP contribution in [0, 0.1) is 10.1 Å². The monoisotopic (exact) mass is 456 g/mol. The van der Waals surface area contributed by atoms with Gasteiger partial charge in [0.15, 0.2) is 0 Å². The first kappa shape index (κ1) is 22.3. The molecule has 0 aromatic heterocycles. The van der Waals surface area contributed by atoms with Crippen molar-refractivity contribution in [1.82, 2.24) is 4.90 Å². The number of alkyl halides is 3. The van der Waals surface area contributed by atoms with Gasteiger partial charge >= 0.3 is 12.1 Å². The summed E-state index contributed by atoms with van der Waals surface area (Å²) in [5.74, 6) is -2.50. The number of anilines is 2. The largest absolute Gasteiger partial charge is 0.471 e. The highest BCUT2D eigenvalue weighted by Crippen LogP contribution is 2.31. The van der Waals surface area contributed by atoms with E-state index in [0.717, 1.165) is 11.0 Å². The van der Waals surface area contributed by atoms with Crippen LogP contribution in [0.15, 0.2) is 42.5 Å². The fourth-order valence-electron chi connectivity index (χ4n) is 3.17. The van der Waals surface area contributed by atoms with Gasteiger partial charge in [0.05, 0.1) is 16.3 Å². The van der Waals surface area contributed by atoms with Gasteiger partial charge in [-0.2, -0.15) is 13.2 Å². The quantitative estimate of drug-likeness (QED) is 0.559. The Labute approximate surface area is 179 Å². The van der Waals surface area contributed by atoms with Gasteiger partial charge in [0.1, 0.15) is 0 Å². The lowest BCUT2D eigenvalue weighted by molar-refractivity contribution is -0.384. The fraction of sp³-hybridized carbons (Fsp3) is 0.263. The number of nitrogens with one attached hydrogen (secondary N) is 1. The average molecular weight is 457 g/mol. The average Bonchev–Trinajstić information content (AvgIpc) is 2.73. The highest BCUT2D eigenvalue weighted by molar-refractivity contribution is 6.31. The summed E-state index contributed by atoms with van der Waals surface area (Å²) in [6.45, 7) is -0.0509. The maximum Gasteiger partial charge on any atom is 0.471 e. The summed E-state index contributed by atoms with van der Waals surface area (Å²) < 4.78 is 37.9. The third-order valence-corrected chi connectivity index (χ3v) is 4.91. The molecule has 1 heterocycles. The lowest BCUT2D eigenvalue weighted by Gasteiger charge is -2.37. The normalized spacial score (nSPS) is 14.3. The zero-order valence-electron chi connectivity index (χ0n) is 15.9. The lowest BCUT2D eigenvalue weighted by Crippen LogP contribution is -2.52. The summed E-state index contributed by atoms with van der Waals surface area (Å²) in [7, 11) is 0. The molecule has 0 radical (unpaired) electrons. The third-order valence-electron chi connectivity index (χ3n) is 4.68. The molecule has 12 heteroatoms. The van der Waals surface area contributed by atoms with Gasteiger partial charge in [0.2, 0.25) is 0 Å². The molecule has 0 unspecified atom stereocenters. The van der Waals surface area contributed by atoms with Crippen LogP contribution in [0.1, 0.15) is 10.4 Å². The molecular formula is C19H16ClF3N4O4. The van der Waals surface area contributed by atoms with E-state index in [1.807, 2.05) is 0 Å². The molecule has 1 aliphatic rings. The Morgan fingerprint density at radius 3 is 2.35 bits per heavy atom. The minimum absolute atomic E-state index is 0.0562. The van der Waals surface area contributed by atoms with E-state index in [0.29, 0.717) is 16.4 Å². The molecule has 0 saturated carbocycles. The van der Waals surface area contributed by atoms with Gasteiger partial charge < -0.3 is 15.1 Å². The highest BCUT2D eigenvalue weighted by Gasteiger charge is 2.43. The molecule has 0 atom stereocenters. The Morgan fingerprint density at radius 1 is 1.06 bits per heavy atom. The highest BCUT2D eigenvalue weighted by atomic mass is 35.5. The number of amides is 2. The summed E-state index contributed by atoms with van der Waals surface area (Å²) in [4.78, 5) is 36.8. The second-order valence-electron chi connectivity index (χ2n) is 6.70. The van der Waals surface area contributed by atoms with Gasteiger partial charge in [0, 0.05) is 48.9 Å². The first-order valence-corrected chi connectivity index (χ1v) is 9.40. The second kappa shape index (κ2) is 8.80. The summed E-state index contributed by atoms with van der Waals surface area (Å²) in [6.07, 6.45) is -4.93. The maximum atomic E-state index is 12.6. The van der Waals surface area contributed by atoms with Crippen LogP contribution in [-0.4, -0.2) is 54.0 Å². The van der Waals surface area contributed by atoms with Crippen molar-refractivity contribution in [2.45, 2.75) is 6.18 Å². The SMILES string of the molecule is O=C(Nc1cc(Cl)ccc1N1CCN(C(=O)C(F)(F)F)CC1)c1cccc([N+](=O)[O-])c1. The predicted octanol–water partition coefficient (Wildman–Crippen LogP) is 3.71. The minimum Gasteiger partial charge on any atom is -0.366 e. The molecule has 2 aromatic carbocycles. The van der Waals surface area contributed by atoms with Crippen LogP contribution in [-0.2, 0) is 4.79 Å². The summed E-state index contributed by atoms with van der Waals surface area (Å²) in [5.41, 5.74) is 0.604. The molecule has 1 saturated heterocycles. The van der Waals surface area contributed by atoms with Crippen LogP contribution < -0.4 is 10.2 Å². The van der Waals surface area contributed by atoms with Crippen LogP contribution in [0.2, 0.25) is 5.02 Å². The van der Waals surface area contributed by atoms with E-state index in [2.05, 4.69) is 5.32 Å². The van der Waals surface area contributed by atoms with Crippen molar-refractivity contribution in [3.63, 3.8) is 0 Å². The Bertz CT molecular complexity index is 1020. The van der Waals surface area contributed by atoms with Crippen molar-refractivity contribution in [2.75, 3.05) is 36.4 Å². The lowest BCUT2D eigenvalue weighted by atomic mass is 10.1.